The van der Waals surface area contributed by atoms with E-state index in [2.05, 4.69) is 48.0 Å². The van der Waals surface area contributed by atoms with Crippen LogP contribution in [0.3, 0.4) is 0 Å². The third kappa shape index (κ3) is 2.87. The van der Waals surface area contributed by atoms with Gasteiger partial charge in [-0.2, -0.15) is 0 Å². The lowest BCUT2D eigenvalue weighted by Crippen LogP contribution is -2.23. The fraction of sp³-hybridized carbons (Fsp3) is 0.250. The summed E-state index contributed by atoms with van der Waals surface area (Å²) in [7, 11) is 0. The Morgan fingerprint density at radius 1 is 1.16 bits per heavy atom. The molecule has 1 unspecified atom stereocenters. The lowest BCUT2D eigenvalue weighted by atomic mass is 10.1. The second-order valence-corrected chi connectivity index (χ2v) is 5.54. The van der Waals surface area contributed by atoms with Gasteiger partial charge < -0.3 is 10.1 Å². The molecule has 0 aliphatic carbocycles. The molecule has 1 heterocycles. The zero-order chi connectivity index (χ0) is 13.1. The molecule has 1 aliphatic heterocycles. The van der Waals surface area contributed by atoms with Crippen LogP contribution < -0.4 is 10.1 Å². The fourth-order valence-corrected chi connectivity index (χ4v) is 2.72. The monoisotopic (exact) mass is 271 g/mol. The fourth-order valence-electron chi connectivity index (χ4n) is 2.31. The van der Waals surface area contributed by atoms with Crippen LogP contribution in [0.1, 0.15) is 5.56 Å². The first-order valence-electron chi connectivity index (χ1n) is 6.47. The van der Waals surface area contributed by atoms with Gasteiger partial charge in [0.05, 0.1) is 6.54 Å². The molecule has 1 atom stereocenters. The van der Waals surface area contributed by atoms with E-state index in [0.29, 0.717) is 0 Å². The van der Waals surface area contributed by atoms with Crippen molar-refractivity contribution in [1.82, 2.24) is 0 Å². The highest BCUT2D eigenvalue weighted by Crippen LogP contribution is 2.28. The molecule has 2 nitrogen and oxygen atoms in total. The van der Waals surface area contributed by atoms with Crippen molar-refractivity contribution in [2.24, 2.45) is 0 Å². The van der Waals surface area contributed by atoms with Crippen LogP contribution in [0, 0.1) is 0 Å². The minimum atomic E-state index is 0.234. The quantitative estimate of drug-likeness (QED) is 0.854. The minimum absolute atomic E-state index is 0.234. The standard InChI is InChI=1S/C16H17NOS/c1-19-15-8-6-13(7-9-15)17-11-14-10-12-4-2-3-5-16(12)18-14/h2-9,14,17H,10-11H2,1H3. The maximum Gasteiger partial charge on any atom is 0.123 e. The van der Waals surface area contributed by atoms with Gasteiger partial charge in [0.1, 0.15) is 11.9 Å². The van der Waals surface area contributed by atoms with Crippen molar-refractivity contribution >= 4 is 17.4 Å². The first kappa shape index (κ1) is 12.4. The van der Waals surface area contributed by atoms with Crippen LogP contribution in [0.25, 0.3) is 0 Å². The second-order valence-electron chi connectivity index (χ2n) is 4.66. The van der Waals surface area contributed by atoms with Crippen LogP contribution in [0.5, 0.6) is 5.75 Å². The lowest BCUT2D eigenvalue weighted by molar-refractivity contribution is 0.246. The maximum absolute atomic E-state index is 5.91. The first-order chi connectivity index (χ1) is 9.35. The molecular weight excluding hydrogens is 254 g/mol. The van der Waals surface area contributed by atoms with Gasteiger partial charge in [0, 0.05) is 17.0 Å². The predicted molar refractivity (Wildman–Crippen MR) is 81.3 cm³/mol. The second kappa shape index (κ2) is 5.57. The highest BCUT2D eigenvalue weighted by atomic mass is 32.2. The number of benzene rings is 2. The average Bonchev–Trinajstić information content (AvgIpc) is 2.88. The van der Waals surface area contributed by atoms with E-state index in [1.165, 1.54) is 10.5 Å². The number of fused-ring (bicyclic) bond motifs is 1. The van der Waals surface area contributed by atoms with Crippen LogP contribution in [-0.2, 0) is 6.42 Å². The van der Waals surface area contributed by atoms with Crippen LogP contribution >= 0.6 is 11.8 Å². The van der Waals surface area contributed by atoms with E-state index in [4.69, 9.17) is 4.74 Å². The summed E-state index contributed by atoms with van der Waals surface area (Å²) in [6.45, 7) is 0.841. The summed E-state index contributed by atoms with van der Waals surface area (Å²) in [5.41, 5.74) is 2.46. The van der Waals surface area contributed by atoms with Gasteiger partial charge in [-0.25, -0.2) is 0 Å². The molecule has 0 saturated carbocycles. The smallest absolute Gasteiger partial charge is 0.123 e. The molecule has 1 N–H and O–H groups in total. The molecular formula is C16H17NOS. The van der Waals surface area contributed by atoms with Gasteiger partial charge in [-0.1, -0.05) is 18.2 Å². The lowest BCUT2D eigenvalue weighted by Gasteiger charge is -2.13. The van der Waals surface area contributed by atoms with E-state index < -0.39 is 0 Å². The predicted octanol–water partition coefficient (Wildman–Crippen LogP) is 3.82. The summed E-state index contributed by atoms with van der Waals surface area (Å²) in [5.74, 6) is 1.03. The maximum atomic E-state index is 5.91. The van der Waals surface area contributed by atoms with E-state index in [-0.39, 0.29) is 6.10 Å². The Kier molecular flexibility index (Phi) is 3.65. The highest BCUT2D eigenvalue weighted by molar-refractivity contribution is 7.98. The van der Waals surface area contributed by atoms with Crippen molar-refractivity contribution < 1.29 is 4.74 Å². The van der Waals surface area contributed by atoms with Gasteiger partial charge in [0.25, 0.3) is 0 Å². The SMILES string of the molecule is CSc1ccc(NCC2Cc3ccccc3O2)cc1. The van der Waals surface area contributed by atoms with Crippen molar-refractivity contribution in [3.8, 4) is 5.75 Å². The van der Waals surface area contributed by atoms with Crippen LogP contribution in [-0.4, -0.2) is 18.9 Å². The molecule has 2 aromatic carbocycles. The Morgan fingerprint density at radius 3 is 2.68 bits per heavy atom. The normalized spacial score (nSPS) is 16.8. The van der Waals surface area contributed by atoms with E-state index in [1.54, 1.807) is 11.8 Å². The first-order valence-corrected chi connectivity index (χ1v) is 7.70. The number of para-hydroxylation sites is 1. The molecule has 0 fully saturated rings. The summed E-state index contributed by atoms with van der Waals surface area (Å²) in [6, 6.07) is 16.8. The highest BCUT2D eigenvalue weighted by Gasteiger charge is 2.21. The molecule has 0 amide bonds. The molecule has 2 aromatic rings. The molecule has 3 heteroatoms. The van der Waals surface area contributed by atoms with Gasteiger partial charge in [0.2, 0.25) is 0 Å². The summed E-state index contributed by atoms with van der Waals surface area (Å²) in [6.07, 6.45) is 3.32. The third-order valence-corrected chi connectivity index (χ3v) is 4.08. The molecule has 19 heavy (non-hydrogen) atoms. The topological polar surface area (TPSA) is 21.3 Å². The molecule has 0 spiro atoms. The molecule has 0 saturated heterocycles. The number of hydrogen-bond donors (Lipinski definition) is 1. The van der Waals surface area contributed by atoms with Crippen molar-refractivity contribution in [1.29, 1.82) is 0 Å². The molecule has 0 bridgehead atoms. The zero-order valence-electron chi connectivity index (χ0n) is 10.9. The van der Waals surface area contributed by atoms with Gasteiger partial charge in [-0.3, -0.25) is 0 Å². The van der Waals surface area contributed by atoms with Gasteiger partial charge in [-0.15, -0.1) is 11.8 Å². The average molecular weight is 271 g/mol. The molecule has 1 aliphatic rings. The number of anilines is 1. The van der Waals surface area contributed by atoms with E-state index in [9.17, 15) is 0 Å². The van der Waals surface area contributed by atoms with Crippen molar-refractivity contribution in [3.63, 3.8) is 0 Å². The zero-order valence-corrected chi connectivity index (χ0v) is 11.7. The molecule has 0 aromatic heterocycles. The number of rotatable bonds is 4. The summed E-state index contributed by atoms with van der Waals surface area (Å²) in [4.78, 5) is 1.29. The molecule has 98 valence electrons. The van der Waals surface area contributed by atoms with E-state index in [0.717, 1.165) is 24.4 Å². The Morgan fingerprint density at radius 2 is 1.95 bits per heavy atom. The van der Waals surface area contributed by atoms with E-state index in [1.807, 2.05) is 12.1 Å². The summed E-state index contributed by atoms with van der Waals surface area (Å²) < 4.78 is 5.91. The largest absolute Gasteiger partial charge is 0.488 e. The Bertz CT molecular complexity index is 528. The number of hydrogen-bond acceptors (Lipinski definition) is 3. The molecule has 3 rings (SSSR count). The van der Waals surface area contributed by atoms with Gasteiger partial charge >= 0.3 is 0 Å². The van der Waals surface area contributed by atoms with Crippen molar-refractivity contribution in [3.05, 3.63) is 54.1 Å². The van der Waals surface area contributed by atoms with Crippen molar-refractivity contribution in [2.75, 3.05) is 18.1 Å². The van der Waals surface area contributed by atoms with Gasteiger partial charge in [-0.05, 0) is 42.2 Å². The third-order valence-electron chi connectivity index (χ3n) is 3.34. The van der Waals surface area contributed by atoms with Crippen LogP contribution in [0.15, 0.2) is 53.4 Å². The summed E-state index contributed by atoms with van der Waals surface area (Å²) in [5, 5.41) is 3.44. The number of nitrogens with one attached hydrogen (secondary N) is 1. The Labute approximate surface area is 118 Å². The Hall–Kier alpha value is -1.61. The molecule has 0 radical (unpaired) electrons. The number of ether oxygens (including phenoxy) is 1. The van der Waals surface area contributed by atoms with Crippen LogP contribution in [0.2, 0.25) is 0 Å². The van der Waals surface area contributed by atoms with Crippen molar-refractivity contribution in [2.45, 2.75) is 17.4 Å². The Balaban J connectivity index is 1.56. The van der Waals surface area contributed by atoms with Crippen LogP contribution in [0.4, 0.5) is 5.69 Å². The van der Waals surface area contributed by atoms with E-state index >= 15 is 0 Å². The van der Waals surface area contributed by atoms with Gasteiger partial charge in [0.15, 0.2) is 0 Å². The minimum Gasteiger partial charge on any atom is -0.488 e. The number of thioether (sulfide) groups is 1. The summed E-state index contributed by atoms with van der Waals surface area (Å²) >= 11 is 1.76.